The highest BCUT2D eigenvalue weighted by Crippen LogP contribution is 2.45. The molecule has 2 heterocycles. The zero-order chi connectivity index (χ0) is 16.7. The molecule has 0 amide bonds. The van der Waals surface area contributed by atoms with Crippen molar-refractivity contribution in [3.63, 3.8) is 0 Å². The van der Waals surface area contributed by atoms with Gasteiger partial charge < -0.3 is 8.97 Å². The number of hydrogen-bond acceptors (Lipinski definition) is 2. The van der Waals surface area contributed by atoms with Crippen LogP contribution in [0.15, 0.2) is 18.5 Å². The van der Waals surface area contributed by atoms with Crippen LogP contribution < -0.4 is 4.74 Å². The third-order valence-electron chi connectivity index (χ3n) is 5.01. The summed E-state index contributed by atoms with van der Waals surface area (Å²) in [6, 6.07) is 1.96. The summed E-state index contributed by atoms with van der Waals surface area (Å²) in [5, 5.41) is 1.16. The SMILES string of the molecule is COc1ccnc2c1c(I)cn2[Si](C(C)C)(C(C)C)C(C)C. The van der Waals surface area contributed by atoms with Crippen molar-refractivity contribution in [3.8, 4) is 5.75 Å². The number of nitrogens with zero attached hydrogens (tertiary/aromatic N) is 2. The number of halogens is 1. The Bertz CT molecular complexity index is 642. The molecule has 3 nitrogen and oxygen atoms in total. The van der Waals surface area contributed by atoms with E-state index < -0.39 is 8.24 Å². The highest BCUT2D eigenvalue weighted by atomic mass is 127. The second-order valence-electron chi connectivity index (χ2n) is 6.91. The molecule has 0 radical (unpaired) electrons. The molecule has 122 valence electrons. The second kappa shape index (κ2) is 6.51. The molecule has 2 rings (SSSR count). The first-order chi connectivity index (χ1) is 10.3. The molecular weight excluding hydrogens is 403 g/mol. The fourth-order valence-corrected chi connectivity index (χ4v) is 12.0. The van der Waals surface area contributed by atoms with Gasteiger partial charge in [0.2, 0.25) is 0 Å². The maximum Gasteiger partial charge on any atom is 0.171 e. The molecule has 0 bridgehead atoms. The zero-order valence-corrected chi connectivity index (χ0v) is 17.8. The van der Waals surface area contributed by atoms with Crippen LogP contribution in [0.4, 0.5) is 0 Å². The molecule has 0 aliphatic rings. The fraction of sp³-hybridized carbons (Fsp3) is 0.588. The molecule has 0 saturated carbocycles. The summed E-state index contributed by atoms with van der Waals surface area (Å²) in [6.45, 7) is 14.3. The van der Waals surface area contributed by atoms with Crippen molar-refractivity contribution >= 4 is 41.9 Å². The van der Waals surface area contributed by atoms with Gasteiger partial charge in [-0.2, -0.15) is 0 Å². The van der Waals surface area contributed by atoms with Gasteiger partial charge in [-0.15, -0.1) is 0 Å². The van der Waals surface area contributed by atoms with Crippen LogP contribution in [0.1, 0.15) is 41.5 Å². The van der Waals surface area contributed by atoms with Crippen molar-refractivity contribution in [2.75, 3.05) is 7.11 Å². The molecule has 22 heavy (non-hydrogen) atoms. The van der Waals surface area contributed by atoms with Gasteiger partial charge in [0.1, 0.15) is 11.4 Å². The minimum Gasteiger partial charge on any atom is -0.496 e. The maximum absolute atomic E-state index is 5.57. The normalized spacial score (nSPS) is 12.9. The van der Waals surface area contributed by atoms with E-state index in [1.54, 1.807) is 7.11 Å². The number of rotatable bonds is 5. The Kier molecular flexibility index (Phi) is 5.26. The van der Waals surface area contributed by atoms with Crippen molar-refractivity contribution < 1.29 is 4.74 Å². The maximum atomic E-state index is 5.57. The van der Waals surface area contributed by atoms with Crippen LogP contribution in [0, 0.1) is 3.57 Å². The average Bonchev–Trinajstić information content (AvgIpc) is 2.76. The van der Waals surface area contributed by atoms with Crippen molar-refractivity contribution in [2.24, 2.45) is 0 Å². The molecule has 2 aromatic rings. The Morgan fingerprint density at radius 3 is 2.09 bits per heavy atom. The van der Waals surface area contributed by atoms with Crippen LogP contribution in [0.2, 0.25) is 16.6 Å². The van der Waals surface area contributed by atoms with Gasteiger partial charge in [0.15, 0.2) is 8.24 Å². The molecule has 0 aliphatic heterocycles. The molecule has 5 heteroatoms. The molecule has 0 fully saturated rings. The number of pyridine rings is 1. The summed E-state index contributed by atoms with van der Waals surface area (Å²) in [7, 11) is -0.0528. The van der Waals surface area contributed by atoms with E-state index in [0.717, 1.165) is 16.8 Å². The van der Waals surface area contributed by atoms with Crippen molar-refractivity contribution in [3.05, 3.63) is 22.0 Å². The number of aromatic nitrogens is 2. The van der Waals surface area contributed by atoms with E-state index in [2.05, 4.69) is 74.6 Å². The predicted molar refractivity (Wildman–Crippen MR) is 105 cm³/mol. The van der Waals surface area contributed by atoms with Gasteiger partial charge in [0.05, 0.1) is 12.5 Å². The van der Waals surface area contributed by atoms with E-state index >= 15 is 0 Å². The summed E-state index contributed by atoms with van der Waals surface area (Å²) in [6.07, 6.45) is 4.18. The minimum absolute atomic E-state index is 0.645. The van der Waals surface area contributed by atoms with Crippen LogP contribution in [0.5, 0.6) is 5.75 Å². The van der Waals surface area contributed by atoms with Crippen molar-refractivity contribution in [2.45, 2.75) is 58.2 Å². The summed E-state index contributed by atoms with van der Waals surface area (Å²) in [4.78, 5) is 4.74. The standard InChI is InChI=1S/C17H27IN2OSi/c1-11(2)22(12(3)4,13(5)6)20-10-14(18)16-15(21-7)8-9-19-17(16)20/h8-13H,1-7H3. The number of ether oxygens (including phenoxy) is 1. The third kappa shape index (κ3) is 2.50. The van der Waals surface area contributed by atoms with Gasteiger partial charge in [-0.05, 0) is 45.3 Å². The first kappa shape index (κ1) is 17.8. The summed E-state index contributed by atoms with van der Waals surface area (Å²) in [5.41, 5.74) is 3.03. The Morgan fingerprint density at radius 1 is 1.09 bits per heavy atom. The van der Waals surface area contributed by atoms with Gasteiger partial charge in [-0.3, -0.25) is 0 Å². The van der Waals surface area contributed by atoms with E-state index in [1.165, 1.54) is 3.57 Å². The molecule has 0 aromatic carbocycles. The zero-order valence-electron chi connectivity index (χ0n) is 14.6. The second-order valence-corrected chi connectivity index (χ2v) is 13.8. The molecule has 0 aliphatic carbocycles. The summed E-state index contributed by atoms with van der Waals surface area (Å²) < 4.78 is 9.35. The Hall–Kier alpha value is -0.563. The monoisotopic (exact) mass is 430 g/mol. The molecule has 0 unspecified atom stereocenters. The Labute approximate surface area is 148 Å². The van der Waals surface area contributed by atoms with E-state index in [0.29, 0.717) is 16.6 Å². The fourth-order valence-electron chi connectivity index (χ4n) is 4.38. The lowest BCUT2D eigenvalue weighted by molar-refractivity contribution is 0.419. The molecule has 0 N–H and O–H groups in total. The van der Waals surface area contributed by atoms with Crippen LogP contribution >= 0.6 is 22.6 Å². The lowest BCUT2D eigenvalue weighted by Gasteiger charge is -2.44. The number of fused-ring (bicyclic) bond motifs is 1. The molecule has 2 aromatic heterocycles. The first-order valence-corrected chi connectivity index (χ1v) is 11.2. The smallest absolute Gasteiger partial charge is 0.171 e. The third-order valence-corrected chi connectivity index (χ3v) is 12.6. The Morgan fingerprint density at radius 2 is 1.64 bits per heavy atom. The van der Waals surface area contributed by atoms with E-state index in [9.17, 15) is 0 Å². The van der Waals surface area contributed by atoms with Crippen molar-refractivity contribution in [1.82, 2.24) is 9.22 Å². The number of hydrogen-bond donors (Lipinski definition) is 0. The summed E-state index contributed by atoms with van der Waals surface area (Å²) >= 11 is 2.42. The number of methoxy groups -OCH3 is 1. The molecule has 0 saturated heterocycles. The van der Waals surface area contributed by atoms with Crippen LogP contribution in [-0.2, 0) is 0 Å². The van der Waals surface area contributed by atoms with Crippen LogP contribution in [0.3, 0.4) is 0 Å². The Balaban J connectivity index is 2.87. The van der Waals surface area contributed by atoms with E-state index in [-0.39, 0.29) is 0 Å². The van der Waals surface area contributed by atoms with Gasteiger partial charge in [0.25, 0.3) is 0 Å². The highest BCUT2D eigenvalue weighted by Gasteiger charge is 2.46. The molecule has 0 atom stereocenters. The van der Waals surface area contributed by atoms with Gasteiger partial charge in [0, 0.05) is 16.0 Å². The quantitative estimate of drug-likeness (QED) is 0.451. The van der Waals surface area contributed by atoms with E-state index in [4.69, 9.17) is 9.72 Å². The van der Waals surface area contributed by atoms with E-state index in [1.807, 2.05) is 12.3 Å². The summed E-state index contributed by atoms with van der Waals surface area (Å²) in [5.74, 6) is 0.923. The van der Waals surface area contributed by atoms with Gasteiger partial charge in [-0.25, -0.2) is 4.98 Å². The molecular formula is C17H27IN2OSi. The molecule has 0 spiro atoms. The predicted octanol–water partition coefficient (Wildman–Crippen LogP) is 5.67. The lowest BCUT2D eigenvalue weighted by atomic mass is 10.3. The largest absolute Gasteiger partial charge is 0.496 e. The highest BCUT2D eigenvalue weighted by molar-refractivity contribution is 14.1. The van der Waals surface area contributed by atoms with Gasteiger partial charge in [-0.1, -0.05) is 41.5 Å². The van der Waals surface area contributed by atoms with Crippen molar-refractivity contribution in [1.29, 1.82) is 0 Å². The van der Waals surface area contributed by atoms with Crippen LogP contribution in [0.25, 0.3) is 11.0 Å². The first-order valence-electron chi connectivity index (χ1n) is 7.98. The topological polar surface area (TPSA) is 27.1 Å². The minimum atomic E-state index is -1.79. The average molecular weight is 430 g/mol. The van der Waals surface area contributed by atoms with Crippen LogP contribution in [-0.4, -0.2) is 24.6 Å². The lowest BCUT2D eigenvalue weighted by Crippen LogP contribution is -2.51. The van der Waals surface area contributed by atoms with Gasteiger partial charge >= 0.3 is 0 Å².